The summed E-state index contributed by atoms with van der Waals surface area (Å²) in [4.78, 5) is 0. The summed E-state index contributed by atoms with van der Waals surface area (Å²) in [5.74, 6) is -0.237. The number of benzene rings is 1. The third kappa shape index (κ3) is 2.90. The van der Waals surface area contributed by atoms with Crippen molar-refractivity contribution in [2.24, 2.45) is 0 Å². The van der Waals surface area contributed by atoms with E-state index in [1.54, 1.807) is 18.3 Å². The lowest BCUT2D eigenvalue weighted by atomic mass is 10.2. The summed E-state index contributed by atoms with van der Waals surface area (Å²) < 4.78 is 13.5. The van der Waals surface area contributed by atoms with Crippen LogP contribution in [0.1, 0.15) is 11.1 Å². The Balaban J connectivity index is 1.87. The van der Waals surface area contributed by atoms with Crippen LogP contribution < -0.4 is 5.32 Å². The summed E-state index contributed by atoms with van der Waals surface area (Å²) in [5, 5.41) is 9.85. The number of rotatable bonds is 4. The smallest absolute Gasteiger partial charge is 0.137 e. The molecular formula is C11H11BrFN3. The lowest BCUT2D eigenvalue weighted by molar-refractivity contribution is 0.618. The lowest BCUT2D eigenvalue weighted by Gasteiger charge is -2.04. The predicted molar refractivity (Wildman–Crippen MR) is 63.2 cm³/mol. The van der Waals surface area contributed by atoms with Crippen LogP contribution in [-0.4, -0.2) is 10.2 Å². The molecule has 3 nitrogen and oxygen atoms in total. The number of aromatic amines is 1. The fourth-order valence-corrected chi connectivity index (χ4v) is 1.80. The van der Waals surface area contributed by atoms with Gasteiger partial charge >= 0.3 is 0 Å². The lowest BCUT2D eigenvalue weighted by Crippen LogP contribution is -2.12. The van der Waals surface area contributed by atoms with Gasteiger partial charge in [-0.15, -0.1) is 0 Å². The summed E-state index contributed by atoms with van der Waals surface area (Å²) in [6.07, 6.45) is 3.61. The molecule has 0 atom stereocenters. The van der Waals surface area contributed by atoms with Gasteiger partial charge in [0.05, 0.1) is 10.7 Å². The number of aromatic nitrogens is 2. The van der Waals surface area contributed by atoms with Gasteiger partial charge in [-0.05, 0) is 33.6 Å². The van der Waals surface area contributed by atoms with Gasteiger partial charge in [-0.2, -0.15) is 5.10 Å². The molecule has 0 amide bonds. The summed E-state index contributed by atoms with van der Waals surface area (Å²) in [7, 11) is 0. The molecule has 0 unspecified atom stereocenters. The number of hydrogen-bond donors (Lipinski definition) is 2. The summed E-state index contributed by atoms with van der Waals surface area (Å²) in [5.41, 5.74) is 2.14. The minimum Gasteiger partial charge on any atom is -0.309 e. The van der Waals surface area contributed by atoms with E-state index in [0.717, 1.165) is 17.7 Å². The second kappa shape index (κ2) is 5.23. The molecule has 0 aliphatic carbocycles. The predicted octanol–water partition coefficient (Wildman–Crippen LogP) is 2.60. The minimum absolute atomic E-state index is 0.237. The molecule has 0 saturated carbocycles. The molecule has 0 radical (unpaired) electrons. The second-order valence-corrected chi connectivity index (χ2v) is 4.31. The normalized spacial score (nSPS) is 10.6. The van der Waals surface area contributed by atoms with Crippen molar-refractivity contribution < 1.29 is 4.39 Å². The zero-order chi connectivity index (χ0) is 11.4. The van der Waals surface area contributed by atoms with E-state index in [9.17, 15) is 4.39 Å². The van der Waals surface area contributed by atoms with E-state index < -0.39 is 0 Å². The van der Waals surface area contributed by atoms with Gasteiger partial charge in [-0.1, -0.05) is 6.07 Å². The Labute approximate surface area is 101 Å². The molecular weight excluding hydrogens is 273 g/mol. The van der Waals surface area contributed by atoms with E-state index in [1.807, 2.05) is 6.20 Å². The Morgan fingerprint density at radius 2 is 2.12 bits per heavy atom. The Bertz CT molecular complexity index is 456. The van der Waals surface area contributed by atoms with Crippen molar-refractivity contribution >= 4 is 15.9 Å². The van der Waals surface area contributed by atoms with Crippen molar-refractivity contribution in [3.05, 3.63) is 52.0 Å². The maximum absolute atomic E-state index is 13.0. The quantitative estimate of drug-likeness (QED) is 0.906. The SMILES string of the molecule is Fc1ccc(CNCc2cn[nH]c2)cc1Br. The highest BCUT2D eigenvalue weighted by atomic mass is 79.9. The number of nitrogens with one attached hydrogen (secondary N) is 2. The fourth-order valence-electron chi connectivity index (χ4n) is 1.38. The maximum Gasteiger partial charge on any atom is 0.137 e. The molecule has 2 aromatic rings. The number of nitrogens with zero attached hydrogens (tertiary/aromatic N) is 1. The van der Waals surface area contributed by atoms with Gasteiger partial charge in [0, 0.05) is 24.8 Å². The van der Waals surface area contributed by atoms with Crippen molar-refractivity contribution in [1.29, 1.82) is 0 Å². The zero-order valence-electron chi connectivity index (χ0n) is 8.50. The summed E-state index contributed by atoms with van der Waals surface area (Å²) in [6, 6.07) is 5.00. The molecule has 1 aromatic heterocycles. The first-order valence-corrected chi connectivity index (χ1v) is 5.67. The zero-order valence-corrected chi connectivity index (χ0v) is 10.1. The van der Waals surface area contributed by atoms with E-state index in [2.05, 4.69) is 31.4 Å². The van der Waals surface area contributed by atoms with Gasteiger partial charge in [0.15, 0.2) is 0 Å². The van der Waals surface area contributed by atoms with Gasteiger partial charge in [-0.3, -0.25) is 5.10 Å². The standard InChI is InChI=1S/C11H11BrFN3/c12-10-3-8(1-2-11(10)13)4-14-5-9-6-15-16-7-9/h1-3,6-7,14H,4-5H2,(H,15,16). The first-order chi connectivity index (χ1) is 7.75. The molecule has 0 bridgehead atoms. The third-order valence-electron chi connectivity index (χ3n) is 2.20. The van der Waals surface area contributed by atoms with Crippen molar-refractivity contribution in [1.82, 2.24) is 15.5 Å². The molecule has 16 heavy (non-hydrogen) atoms. The van der Waals surface area contributed by atoms with Crippen molar-refractivity contribution in [2.45, 2.75) is 13.1 Å². The average Bonchev–Trinajstić information content (AvgIpc) is 2.76. The molecule has 0 aliphatic heterocycles. The van der Waals surface area contributed by atoms with Gasteiger partial charge in [0.1, 0.15) is 5.82 Å². The van der Waals surface area contributed by atoms with Crippen LogP contribution in [0.2, 0.25) is 0 Å². The number of halogens is 2. The van der Waals surface area contributed by atoms with Gasteiger partial charge in [0.2, 0.25) is 0 Å². The van der Waals surface area contributed by atoms with Crippen LogP contribution in [-0.2, 0) is 13.1 Å². The number of hydrogen-bond acceptors (Lipinski definition) is 2. The molecule has 0 aliphatic rings. The highest BCUT2D eigenvalue weighted by molar-refractivity contribution is 9.10. The largest absolute Gasteiger partial charge is 0.309 e. The van der Waals surface area contributed by atoms with E-state index in [1.165, 1.54) is 6.07 Å². The van der Waals surface area contributed by atoms with Crippen LogP contribution in [0.5, 0.6) is 0 Å². The molecule has 2 N–H and O–H groups in total. The Morgan fingerprint density at radius 3 is 2.81 bits per heavy atom. The second-order valence-electron chi connectivity index (χ2n) is 3.46. The highest BCUT2D eigenvalue weighted by Crippen LogP contribution is 2.16. The minimum atomic E-state index is -0.237. The molecule has 1 heterocycles. The molecule has 1 aromatic carbocycles. The van der Waals surface area contributed by atoms with E-state index in [0.29, 0.717) is 11.0 Å². The fraction of sp³-hybridized carbons (Fsp3) is 0.182. The average molecular weight is 284 g/mol. The van der Waals surface area contributed by atoms with Gasteiger partial charge < -0.3 is 5.32 Å². The van der Waals surface area contributed by atoms with E-state index >= 15 is 0 Å². The summed E-state index contributed by atoms with van der Waals surface area (Å²) >= 11 is 3.16. The van der Waals surface area contributed by atoms with Crippen molar-refractivity contribution in [3.8, 4) is 0 Å². The molecule has 0 fully saturated rings. The highest BCUT2D eigenvalue weighted by Gasteiger charge is 2.00. The monoisotopic (exact) mass is 283 g/mol. The molecule has 2 rings (SSSR count). The van der Waals surface area contributed by atoms with Crippen LogP contribution in [0.4, 0.5) is 4.39 Å². The topological polar surface area (TPSA) is 40.7 Å². The van der Waals surface area contributed by atoms with Crippen LogP contribution >= 0.6 is 15.9 Å². The first kappa shape index (κ1) is 11.3. The summed E-state index contributed by atoms with van der Waals surface area (Å²) in [6.45, 7) is 1.44. The van der Waals surface area contributed by atoms with E-state index in [4.69, 9.17) is 0 Å². The van der Waals surface area contributed by atoms with Crippen molar-refractivity contribution in [2.75, 3.05) is 0 Å². The number of H-pyrrole nitrogens is 1. The first-order valence-electron chi connectivity index (χ1n) is 4.88. The third-order valence-corrected chi connectivity index (χ3v) is 2.80. The van der Waals surface area contributed by atoms with Crippen LogP contribution in [0.25, 0.3) is 0 Å². The molecule has 5 heteroatoms. The van der Waals surface area contributed by atoms with Gasteiger partial charge in [0.25, 0.3) is 0 Å². The van der Waals surface area contributed by atoms with Gasteiger partial charge in [-0.25, -0.2) is 4.39 Å². The van der Waals surface area contributed by atoms with Crippen LogP contribution in [0.15, 0.2) is 35.1 Å². The Hall–Kier alpha value is -1.20. The van der Waals surface area contributed by atoms with Crippen LogP contribution in [0.3, 0.4) is 0 Å². The van der Waals surface area contributed by atoms with Crippen molar-refractivity contribution in [3.63, 3.8) is 0 Å². The molecule has 0 saturated heterocycles. The van der Waals surface area contributed by atoms with E-state index in [-0.39, 0.29) is 5.82 Å². The molecule has 84 valence electrons. The maximum atomic E-state index is 13.0. The Morgan fingerprint density at radius 1 is 1.31 bits per heavy atom. The van der Waals surface area contributed by atoms with Crippen LogP contribution in [0, 0.1) is 5.82 Å². The molecule has 0 spiro atoms. The Kier molecular flexibility index (Phi) is 3.69.